The van der Waals surface area contributed by atoms with E-state index >= 15 is 0 Å². The molecule has 38 heavy (non-hydrogen) atoms. The number of ketones is 2. The largest absolute Gasteiger partial charge is 0.489 e. The van der Waals surface area contributed by atoms with E-state index in [-0.39, 0.29) is 27.8 Å². The van der Waals surface area contributed by atoms with Gasteiger partial charge in [0.1, 0.15) is 5.75 Å². The lowest BCUT2D eigenvalue weighted by Gasteiger charge is -2.20. The summed E-state index contributed by atoms with van der Waals surface area (Å²) in [5.74, 6) is -1.21. The lowest BCUT2D eigenvalue weighted by molar-refractivity contribution is -0.145. The average Bonchev–Trinajstić information content (AvgIpc) is 3.34. The number of Topliss-reactive ketones (excluding diaryl/α,β-unsaturated/α-hetero) is 2. The SMILES string of the molecule is COC1=C(OC)C(=O)C(CCCCCCCCC(Oc2ccc(-c3cc(=O)ss3)cc2)C(=O)O)=C(C)C1=O. The van der Waals surface area contributed by atoms with Crippen LogP contribution in [-0.4, -0.2) is 43.0 Å². The molecule has 0 aliphatic heterocycles. The van der Waals surface area contributed by atoms with Gasteiger partial charge >= 0.3 is 5.97 Å². The number of rotatable bonds is 15. The Labute approximate surface area is 228 Å². The van der Waals surface area contributed by atoms with Crippen molar-refractivity contribution in [1.29, 1.82) is 0 Å². The van der Waals surface area contributed by atoms with Crippen LogP contribution < -0.4 is 9.48 Å². The Kier molecular flexibility index (Phi) is 10.8. The van der Waals surface area contributed by atoms with Crippen LogP contribution in [-0.2, 0) is 23.9 Å². The number of carboxylic acids is 1. The molecule has 1 heterocycles. The van der Waals surface area contributed by atoms with E-state index < -0.39 is 12.1 Å². The van der Waals surface area contributed by atoms with Crippen molar-refractivity contribution in [3.05, 3.63) is 62.5 Å². The van der Waals surface area contributed by atoms with Crippen LogP contribution in [0.3, 0.4) is 0 Å². The maximum Gasteiger partial charge on any atom is 0.344 e. The molecule has 0 spiro atoms. The number of hydrogen-bond acceptors (Lipinski definition) is 9. The third-order valence-electron chi connectivity index (χ3n) is 6.39. The number of methoxy groups -OCH3 is 2. The Bertz CT molecular complexity index is 1270. The third-order valence-corrected chi connectivity index (χ3v) is 8.57. The van der Waals surface area contributed by atoms with Crippen molar-refractivity contribution < 1.29 is 33.7 Å². The zero-order valence-electron chi connectivity index (χ0n) is 21.7. The number of aliphatic carboxylic acids is 1. The summed E-state index contributed by atoms with van der Waals surface area (Å²) in [6.07, 6.45) is 5.11. The van der Waals surface area contributed by atoms with Gasteiger partial charge in [0.15, 0.2) is 6.10 Å². The molecule has 1 aliphatic rings. The highest BCUT2D eigenvalue weighted by Gasteiger charge is 2.34. The van der Waals surface area contributed by atoms with E-state index in [2.05, 4.69) is 0 Å². The van der Waals surface area contributed by atoms with Crippen molar-refractivity contribution in [3.8, 4) is 16.2 Å². The normalized spacial score (nSPS) is 14.6. The van der Waals surface area contributed by atoms with Crippen LogP contribution in [0.5, 0.6) is 5.75 Å². The quantitative estimate of drug-likeness (QED) is 0.166. The molecule has 0 fully saturated rings. The summed E-state index contributed by atoms with van der Waals surface area (Å²) in [5.41, 5.74) is 1.78. The van der Waals surface area contributed by atoms with Gasteiger partial charge in [0.2, 0.25) is 27.8 Å². The fraction of sp³-hybridized carbons (Fsp3) is 0.429. The van der Waals surface area contributed by atoms with Gasteiger partial charge in [-0.15, -0.1) is 0 Å². The number of carbonyl (C=O) groups excluding carboxylic acids is 2. The van der Waals surface area contributed by atoms with Gasteiger partial charge in [-0.05, 0) is 72.8 Å². The Morgan fingerprint density at radius 2 is 1.47 bits per heavy atom. The first kappa shape index (κ1) is 29.3. The summed E-state index contributed by atoms with van der Waals surface area (Å²) in [5, 5.41) is 9.56. The Morgan fingerprint density at radius 1 is 0.868 bits per heavy atom. The predicted molar refractivity (Wildman–Crippen MR) is 147 cm³/mol. The second kappa shape index (κ2) is 14.1. The van der Waals surface area contributed by atoms with E-state index in [1.165, 1.54) is 34.9 Å². The highest BCUT2D eigenvalue weighted by molar-refractivity contribution is 7.69. The van der Waals surface area contributed by atoms with Gasteiger partial charge in [-0.1, -0.05) is 36.0 Å². The molecular weight excluding hydrogens is 528 g/mol. The molecule has 1 atom stereocenters. The molecular formula is C28H32O8S2. The monoisotopic (exact) mass is 560 g/mol. The molecule has 0 saturated heterocycles. The van der Waals surface area contributed by atoms with Crippen molar-refractivity contribution in [1.82, 2.24) is 0 Å². The molecule has 0 amide bonds. The second-order valence-corrected chi connectivity index (χ2v) is 11.1. The van der Waals surface area contributed by atoms with Gasteiger partial charge in [-0.2, -0.15) is 0 Å². The summed E-state index contributed by atoms with van der Waals surface area (Å²) in [6, 6.07) is 8.69. The smallest absolute Gasteiger partial charge is 0.344 e. The molecule has 0 radical (unpaired) electrons. The first-order valence-corrected chi connectivity index (χ1v) is 14.6. The van der Waals surface area contributed by atoms with Crippen LogP contribution in [0.4, 0.5) is 0 Å². The third kappa shape index (κ3) is 7.41. The molecule has 3 rings (SSSR count). The molecule has 8 nitrogen and oxygen atoms in total. The van der Waals surface area contributed by atoms with Crippen molar-refractivity contribution in [3.63, 3.8) is 0 Å². The van der Waals surface area contributed by atoms with E-state index in [0.29, 0.717) is 29.7 Å². The Hall–Kier alpha value is -3.24. The molecule has 1 aromatic carbocycles. The molecule has 204 valence electrons. The van der Waals surface area contributed by atoms with Crippen LogP contribution in [0.25, 0.3) is 10.4 Å². The maximum absolute atomic E-state index is 12.7. The molecule has 0 saturated carbocycles. The van der Waals surface area contributed by atoms with E-state index in [1.807, 2.05) is 12.1 Å². The topological polar surface area (TPSA) is 116 Å². The number of carbonyl (C=O) groups is 3. The molecule has 0 bridgehead atoms. The van der Waals surface area contributed by atoms with Crippen LogP contribution in [0.2, 0.25) is 0 Å². The van der Waals surface area contributed by atoms with E-state index in [4.69, 9.17) is 14.2 Å². The zero-order valence-corrected chi connectivity index (χ0v) is 23.4. The minimum absolute atomic E-state index is 0.0127. The number of hydrogen-bond donors (Lipinski definition) is 1. The van der Waals surface area contributed by atoms with Crippen LogP contribution in [0.15, 0.2) is 57.8 Å². The highest BCUT2D eigenvalue weighted by Crippen LogP contribution is 2.29. The fourth-order valence-electron chi connectivity index (χ4n) is 4.30. The Morgan fingerprint density at radius 3 is 2.05 bits per heavy atom. The van der Waals surface area contributed by atoms with Gasteiger partial charge in [-0.3, -0.25) is 14.4 Å². The van der Waals surface area contributed by atoms with Crippen LogP contribution in [0, 0.1) is 0 Å². The lowest BCUT2D eigenvalue weighted by atomic mass is 9.89. The summed E-state index contributed by atoms with van der Waals surface area (Å²) in [6.45, 7) is 1.64. The maximum atomic E-state index is 12.7. The highest BCUT2D eigenvalue weighted by atomic mass is 32.9. The molecule has 10 heteroatoms. The summed E-state index contributed by atoms with van der Waals surface area (Å²) >= 11 is 0. The van der Waals surface area contributed by atoms with Crippen molar-refractivity contribution >= 4 is 38.2 Å². The summed E-state index contributed by atoms with van der Waals surface area (Å²) in [7, 11) is 5.29. The molecule has 1 aromatic heterocycles. The van der Waals surface area contributed by atoms with Crippen molar-refractivity contribution in [2.24, 2.45) is 0 Å². The summed E-state index contributed by atoms with van der Waals surface area (Å²) < 4.78 is 15.9. The van der Waals surface area contributed by atoms with Gasteiger partial charge in [-0.25, -0.2) is 4.79 Å². The van der Waals surface area contributed by atoms with Gasteiger partial charge < -0.3 is 19.3 Å². The predicted octanol–water partition coefficient (Wildman–Crippen LogP) is 5.76. The first-order valence-electron chi connectivity index (χ1n) is 12.5. The zero-order chi connectivity index (χ0) is 27.7. The molecule has 1 unspecified atom stereocenters. The molecule has 1 aliphatic carbocycles. The van der Waals surface area contributed by atoms with E-state index in [1.54, 1.807) is 25.1 Å². The average molecular weight is 561 g/mol. The minimum Gasteiger partial charge on any atom is -0.489 e. The number of ether oxygens (including phenoxy) is 3. The minimum atomic E-state index is -0.999. The van der Waals surface area contributed by atoms with Crippen molar-refractivity contribution in [2.75, 3.05) is 14.2 Å². The molecule has 1 N–H and O–H groups in total. The lowest BCUT2D eigenvalue weighted by Crippen LogP contribution is -2.26. The van der Waals surface area contributed by atoms with Gasteiger partial charge in [0.25, 0.3) is 0 Å². The fourth-order valence-corrected chi connectivity index (χ4v) is 6.19. The van der Waals surface area contributed by atoms with Gasteiger partial charge in [0.05, 0.1) is 14.2 Å². The van der Waals surface area contributed by atoms with Crippen LogP contribution >= 0.6 is 20.7 Å². The first-order chi connectivity index (χ1) is 18.3. The standard InChI is InChI=1S/C28H32O8S2/c1-17-20(25(31)27(35-3)26(34-2)24(17)30)10-8-6-4-5-7-9-11-21(28(32)33)36-19-14-12-18(13-15-19)22-16-23(29)38-37-22/h12-16,21H,4-11H2,1-3H3,(H,32,33). The van der Waals surface area contributed by atoms with E-state index in [9.17, 15) is 24.3 Å². The number of carboxylic acid groups (broad SMARTS) is 1. The second-order valence-electron chi connectivity index (χ2n) is 8.95. The van der Waals surface area contributed by atoms with Crippen molar-refractivity contribution in [2.45, 2.75) is 64.4 Å². The Balaban J connectivity index is 1.37. The number of allylic oxidation sites excluding steroid dienone is 2. The van der Waals surface area contributed by atoms with Gasteiger partial charge in [0, 0.05) is 22.1 Å². The van der Waals surface area contributed by atoms with E-state index in [0.717, 1.165) is 49.0 Å². The molecule has 2 aromatic rings. The number of unbranched alkanes of at least 4 members (excludes halogenated alkanes) is 5. The number of benzene rings is 1. The summed E-state index contributed by atoms with van der Waals surface area (Å²) in [4.78, 5) is 49.1. The van der Waals surface area contributed by atoms with Crippen LogP contribution in [0.1, 0.15) is 58.3 Å².